The molecule has 0 spiro atoms. The van der Waals surface area contributed by atoms with Gasteiger partial charge in [-0.05, 0) is 29.5 Å². The lowest BCUT2D eigenvalue weighted by Gasteiger charge is -2.28. The summed E-state index contributed by atoms with van der Waals surface area (Å²) in [6.45, 7) is 12.3. The first kappa shape index (κ1) is 16.8. The van der Waals surface area contributed by atoms with E-state index in [9.17, 15) is 0 Å². The van der Waals surface area contributed by atoms with Crippen molar-refractivity contribution in [3.8, 4) is 5.75 Å². The monoisotopic (exact) mass is 354 g/mol. The Morgan fingerprint density at radius 1 is 1.24 bits per heavy atom. The van der Waals surface area contributed by atoms with Gasteiger partial charge in [-0.1, -0.05) is 36.7 Å². The third-order valence-corrected chi connectivity index (χ3v) is 4.51. The predicted octanol–water partition coefficient (Wildman–Crippen LogP) is 3.20. The molecule has 0 amide bonds. The summed E-state index contributed by atoms with van der Waals surface area (Å²) in [5.41, 5.74) is 2.66. The van der Waals surface area contributed by atoms with Crippen LogP contribution in [0, 0.1) is 0 Å². The van der Waals surface area contributed by atoms with Crippen molar-refractivity contribution in [1.82, 2.24) is 10.2 Å². The molecule has 0 radical (unpaired) electrons. The SMILES string of the molecule is COc1c(CCN2CCNCC2)cc(Br)cc1C(C)(C)C. The van der Waals surface area contributed by atoms with E-state index in [-0.39, 0.29) is 5.41 Å². The molecular weight excluding hydrogens is 328 g/mol. The van der Waals surface area contributed by atoms with Gasteiger partial charge in [-0.25, -0.2) is 0 Å². The van der Waals surface area contributed by atoms with Crippen LogP contribution in [0.5, 0.6) is 5.75 Å². The van der Waals surface area contributed by atoms with E-state index in [0.29, 0.717) is 0 Å². The molecule has 1 fully saturated rings. The number of nitrogens with zero attached hydrogens (tertiary/aromatic N) is 1. The number of halogens is 1. The second kappa shape index (κ2) is 7.12. The van der Waals surface area contributed by atoms with Crippen LogP contribution in [-0.4, -0.2) is 44.7 Å². The molecule has 0 aromatic heterocycles. The molecule has 1 aromatic carbocycles. The van der Waals surface area contributed by atoms with Gasteiger partial charge in [-0.3, -0.25) is 0 Å². The molecular formula is C17H27BrN2O. The van der Waals surface area contributed by atoms with Crippen LogP contribution in [0.2, 0.25) is 0 Å². The minimum Gasteiger partial charge on any atom is -0.496 e. The van der Waals surface area contributed by atoms with Gasteiger partial charge in [0.15, 0.2) is 0 Å². The van der Waals surface area contributed by atoms with Crippen molar-refractivity contribution in [3.63, 3.8) is 0 Å². The summed E-state index contributed by atoms with van der Waals surface area (Å²) in [7, 11) is 1.78. The Balaban J connectivity index is 2.19. The maximum Gasteiger partial charge on any atom is 0.125 e. The zero-order valence-corrected chi connectivity index (χ0v) is 15.2. The Hall–Kier alpha value is -0.580. The molecule has 2 rings (SSSR count). The molecule has 1 aliphatic heterocycles. The van der Waals surface area contributed by atoms with Gasteiger partial charge in [-0.2, -0.15) is 0 Å². The number of hydrogen-bond donors (Lipinski definition) is 1. The summed E-state index contributed by atoms with van der Waals surface area (Å²) < 4.78 is 6.89. The van der Waals surface area contributed by atoms with Crippen molar-refractivity contribution < 1.29 is 4.74 Å². The fraction of sp³-hybridized carbons (Fsp3) is 0.647. The second-order valence-electron chi connectivity index (χ2n) is 6.74. The largest absolute Gasteiger partial charge is 0.496 e. The summed E-state index contributed by atoms with van der Waals surface area (Å²) in [4.78, 5) is 2.52. The molecule has 1 aliphatic rings. The molecule has 1 aromatic rings. The summed E-state index contributed by atoms with van der Waals surface area (Å²) in [6.07, 6.45) is 1.03. The number of piperazine rings is 1. The molecule has 0 aliphatic carbocycles. The number of nitrogens with one attached hydrogen (secondary N) is 1. The molecule has 3 nitrogen and oxygen atoms in total. The maximum absolute atomic E-state index is 5.75. The lowest BCUT2D eigenvalue weighted by molar-refractivity contribution is 0.243. The molecule has 0 bridgehead atoms. The van der Waals surface area contributed by atoms with Gasteiger partial charge in [0.25, 0.3) is 0 Å². The zero-order valence-electron chi connectivity index (χ0n) is 13.6. The third-order valence-electron chi connectivity index (χ3n) is 4.05. The van der Waals surface area contributed by atoms with Crippen LogP contribution < -0.4 is 10.1 Å². The van der Waals surface area contributed by atoms with Crippen LogP contribution in [0.3, 0.4) is 0 Å². The second-order valence-corrected chi connectivity index (χ2v) is 7.65. The number of benzene rings is 1. The van der Waals surface area contributed by atoms with E-state index in [2.05, 4.69) is 59.1 Å². The highest BCUT2D eigenvalue weighted by Gasteiger charge is 2.22. The van der Waals surface area contributed by atoms with Gasteiger partial charge in [0.1, 0.15) is 5.75 Å². The Morgan fingerprint density at radius 2 is 1.90 bits per heavy atom. The summed E-state index contributed by atoms with van der Waals surface area (Å²) in [6, 6.07) is 4.39. The molecule has 0 unspecified atom stereocenters. The third kappa shape index (κ3) is 4.44. The smallest absolute Gasteiger partial charge is 0.125 e. The standard InChI is InChI=1S/C17H27BrN2O/c1-17(2,3)15-12-14(18)11-13(16(15)21-4)5-8-20-9-6-19-7-10-20/h11-12,19H,5-10H2,1-4H3. The van der Waals surface area contributed by atoms with Crippen molar-refractivity contribution in [2.24, 2.45) is 0 Å². The normalized spacial score (nSPS) is 17.0. The molecule has 0 atom stereocenters. The average molecular weight is 355 g/mol. The van der Waals surface area contributed by atoms with Crippen molar-refractivity contribution in [3.05, 3.63) is 27.7 Å². The topological polar surface area (TPSA) is 24.5 Å². The van der Waals surface area contributed by atoms with E-state index in [0.717, 1.165) is 49.4 Å². The van der Waals surface area contributed by atoms with Crippen molar-refractivity contribution in [2.45, 2.75) is 32.6 Å². The quantitative estimate of drug-likeness (QED) is 0.898. The molecule has 1 saturated heterocycles. The zero-order chi connectivity index (χ0) is 15.5. The highest BCUT2D eigenvalue weighted by Crippen LogP contribution is 2.37. The lowest BCUT2D eigenvalue weighted by atomic mass is 9.85. The van der Waals surface area contributed by atoms with E-state index in [1.54, 1.807) is 7.11 Å². The minimum atomic E-state index is 0.0823. The van der Waals surface area contributed by atoms with Gasteiger partial charge in [0.05, 0.1) is 7.11 Å². The predicted molar refractivity (Wildman–Crippen MR) is 92.4 cm³/mol. The van der Waals surface area contributed by atoms with Crippen molar-refractivity contribution in [2.75, 3.05) is 39.8 Å². The van der Waals surface area contributed by atoms with Crippen LogP contribution in [0.1, 0.15) is 31.9 Å². The highest BCUT2D eigenvalue weighted by atomic mass is 79.9. The Morgan fingerprint density at radius 3 is 2.48 bits per heavy atom. The summed E-state index contributed by atoms with van der Waals surface area (Å²) in [5, 5.41) is 3.40. The Bertz CT molecular complexity index is 476. The van der Waals surface area contributed by atoms with E-state index in [1.165, 1.54) is 11.1 Å². The van der Waals surface area contributed by atoms with Gasteiger partial charge >= 0.3 is 0 Å². The van der Waals surface area contributed by atoms with Gasteiger partial charge in [0, 0.05) is 42.8 Å². The van der Waals surface area contributed by atoms with Crippen LogP contribution in [0.4, 0.5) is 0 Å². The summed E-state index contributed by atoms with van der Waals surface area (Å²) >= 11 is 3.66. The highest BCUT2D eigenvalue weighted by molar-refractivity contribution is 9.10. The van der Waals surface area contributed by atoms with E-state index < -0.39 is 0 Å². The van der Waals surface area contributed by atoms with Crippen LogP contribution in [0.25, 0.3) is 0 Å². The first-order valence-corrected chi connectivity index (χ1v) is 8.51. The molecule has 0 saturated carbocycles. The Kier molecular flexibility index (Phi) is 5.69. The minimum absolute atomic E-state index is 0.0823. The number of hydrogen-bond acceptors (Lipinski definition) is 3. The maximum atomic E-state index is 5.75. The van der Waals surface area contributed by atoms with E-state index in [4.69, 9.17) is 4.74 Å². The van der Waals surface area contributed by atoms with Crippen LogP contribution in [-0.2, 0) is 11.8 Å². The van der Waals surface area contributed by atoms with Gasteiger partial charge < -0.3 is 15.0 Å². The summed E-state index contributed by atoms with van der Waals surface area (Å²) in [5.74, 6) is 1.06. The lowest BCUT2D eigenvalue weighted by Crippen LogP contribution is -2.44. The molecule has 1 N–H and O–H groups in total. The first-order chi connectivity index (χ1) is 9.91. The van der Waals surface area contributed by atoms with Gasteiger partial charge in [-0.15, -0.1) is 0 Å². The first-order valence-electron chi connectivity index (χ1n) is 7.72. The fourth-order valence-electron chi connectivity index (χ4n) is 2.85. The van der Waals surface area contributed by atoms with Crippen molar-refractivity contribution in [1.29, 1.82) is 0 Å². The number of ether oxygens (including phenoxy) is 1. The molecule has 1 heterocycles. The molecule has 21 heavy (non-hydrogen) atoms. The van der Waals surface area contributed by atoms with E-state index >= 15 is 0 Å². The number of rotatable bonds is 4. The van der Waals surface area contributed by atoms with E-state index in [1.807, 2.05) is 0 Å². The molecule has 118 valence electrons. The van der Waals surface area contributed by atoms with Crippen molar-refractivity contribution >= 4 is 15.9 Å². The molecule has 4 heteroatoms. The Labute approximate surface area is 137 Å². The fourth-order valence-corrected chi connectivity index (χ4v) is 3.35. The van der Waals surface area contributed by atoms with Gasteiger partial charge in [0.2, 0.25) is 0 Å². The number of methoxy groups -OCH3 is 1. The van der Waals surface area contributed by atoms with Crippen LogP contribution in [0.15, 0.2) is 16.6 Å². The van der Waals surface area contributed by atoms with Crippen LogP contribution >= 0.6 is 15.9 Å². The average Bonchev–Trinajstić information content (AvgIpc) is 2.44.